The molecule has 1 unspecified atom stereocenters. The summed E-state index contributed by atoms with van der Waals surface area (Å²) in [7, 11) is 0. The Morgan fingerprint density at radius 3 is 2.87 bits per heavy atom. The summed E-state index contributed by atoms with van der Waals surface area (Å²) in [6.07, 6.45) is 1.59. The Hall–Kier alpha value is -0.600. The Labute approximate surface area is 103 Å². The van der Waals surface area contributed by atoms with Crippen LogP contribution in [0.25, 0.3) is 0 Å². The number of hydrogen-bond acceptors (Lipinski definition) is 1. The number of rotatable bonds is 3. The fourth-order valence-electron chi connectivity index (χ4n) is 1.31. The summed E-state index contributed by atoms with van der Waals surface area (Å²) >= 11 is 2.11. The molecule has 1 rings (SSSR count). The Kier molecular flexibility index (Phi) is 5.06. The van der Waals surface area contributed by atoms with E-state index >= 15 is 0 Å². The average molecular weight is 317 g/mol. The van der Waals surface area contributed by atoms with Crippen molar-refractivity contribution in [3.63, 3.8) is 0 Å². The minimum Gasteiger partial charge on any atom is -0.324 e. The third-order valence-corrected chi connectivity index (χ3v) is 3.05. The van der Waals surface area contributed by atoms with Crippen molar-refractivity contribution in [2.45, 2.75) is 25.8 Å². The molecule has 80 valence electrons. The van der Waals surface area contributed by atoms with Crippen molar-refractivity contribution >= 4 is 22.6 Å². The van der Waals surface area contributed by atoms with E-state index in [2.05, 4.69) is 34.4 Å². The smallest absolute Gasteiger partial charge is 0.124 e. The van der Waals surface area contributed by atoms with Crippen molar-refractivity contribution in [1.29, 1.82) is 0 Å². The number of nitrogens with two attached hydrogens (primary N) is 1. The Bertz CT molecular complexity index is 392. The van der Waals surface area contributed by atoms with Crippen LogP contribution in [0.3, 0.4) is 0 Å². The molecule has 15 heavy (non-hydrogen) atoms. The number of hydrogen-bond donors (Lipinski definition) is 1. The van der Waals surface area contributed by atoms with Crippen molar-refractivity contribution in [3.05, 3.63) is 33.1 Å². The molecular formula is C12H13FIN. The molecule has 0 bridgehead atoms. The molecule has 1 atom stereocenters. The van der Waals surface area contributed by atoms with Gasteiger partial charge in [0.1, 0.15) is 5.82 Å². The number of benzene rings is 1. The molecule has 3 heteroatoms. The van der Waals surface area contributed by atoms with Crippen LogP contribution in [0.4, 0.5) is 4.39 Å². The molecule has 0 fully saturated rings. The van der Waals surface area contributed by atoms with Gasteiger partial charge in [-0.1, -0.05) is 6.07 Å². The van der Waals surface area contributed by atoms with Crippen LogP contribution in [-0.4, -0.2) is 0 Å². The highest BCUT2D eigenvalue weighted by Gasteiger charge is 2.09. The highest BCUT2D eigenvalue weighted by atomic mass is 127. The summed E-state index contributed by atoms with van der Waals surface area (Å²) in [6, 6.07) is 4.64. The first kappa shape index (κ1) is 12.5. The Balaban J connectivity index is 2.71. The quantitative estimate of drug-likeness (QED) is 0.672. The fourth-order valence-corrected chi connectivity index (χ4v) is 2.19. The van der Waals surface area contributed by atoms with Crippen molar-refractivity contribution in [3.8, 4) is 11.8 Å². The lowest BCUT2D eigenvalue weighted by Gasteiger charge is -2.12. The first-order valence-corrected chi connectivity index (χ1v) is 5.83. The summed E-state index contributed by atoms with van der Waals surface area (Å²) in [5.74, 6) is 5.59. The predicted molar refractivity (Wildman–Crippen MR) is 68.7 cm³/mol. The third kappa shape index (κ3) is 3.80. The topological polar surface area (TPSA) is 26.0 Å². The Morgan fingerprint density at radius 1 is 1.53 bits per heavy atom. The van der Waals surface area contributed by atoms with Gasteiger partial charge in [-0.2, -0.15) is 0 Å². The van der Waals surface area contributed by atoms with Crippen LogP contribution in [0.2, 0.25) is 0 Å². The fraction of sp³-hybridized carbons (Fsp3) is 0.333. The van der Waals surface area contributed by atoms with Crippen LogP contribution in [0.15, 0.2) is 18.2 Å². The standard InChI is InChI=1S/C12H13FIN/c1-2-3-4-5-12(15)10-7-6-9(13)8-11(10)14/h6-8,12H,4-5,15H2,1H3. The van der Waals surface area contributed by atoms with Gasteiger partial charge in [0.25, 0.3) is 0 Å². The minimum atomic E-state index is -0.219. The molecule has 0 heterocycles. The molecule has 2 N–H and O–H groups in total. The lowest BCUT2D eigenvalue weighted by molar-refractivity contribution is 0.619. The van der Waals surface area contributed by atoms with E-state index in [1.165, 1.54) is 12.1 Å². The first-order valence-electron chi connectivity index (χ1n) is 4.75. The SMILES string of the molecule is CC#CCCC(N)c1ccc(F)cc1I. The average Bonchev–Trinajstić information content (AvgIpc) is 2.17. The molecule has 0 spiro atoms. The van der Waals surface area contributed by atoms with Gasteiger partial charge in [-0.3, -0.25) is 0 Å². The van der Waals surface area contributed by atoms with E-state index in [-0.39, 0.29) is 11.9 Å². The highest BCUT2D eigenvalue weighted by molar-refractivity contribution is 14.1. The second-order valence-electron chi connectivity index (χ2n) is 3.24. The van der Waals surface area contributed by atoms with Gasteiger partial charge >= 0.3 is 0 Å². The molecule has 0 aliphatic rings. The van der Waals surface area contributed by atoms with Crippen LogP contribution in [0, 0.1) is 21.2 Å². The molecule has 0 radical (unpaired) electrons. The second-order valence-corrected chi connectivity index (χ2v) is 4.40. The van der Waals surface area contributed by atoms with E-state index < -0.39 is 0 Å². The van der Waals surface area contributed by atoms with E-state index in [9.17, 15) is 4.39 Å². The third-order valence-electron chi connectivity index (χ3n) is 2.12. The van der Waals surface area contributed by atoms with Crippen LogP contribution < -0.4 is 5.73 Å². The molecule has 1 aromatic rings. The highest BCUT2D eigenvalue weighted by Crippen LogP contribution is 2.22. The maximum Gasteiger partial charge on any atom is 0.124 e. The molecular weight excluding hydrogens is 304 g/mol. The molecule has 0 aliphatic heterocycles. The summed E-state index contributed by atoms with van der Waals surface area (Å²) in [6.45, 7) is 1.81. The normalized spacial score (nSPS) is 11.7. The Morgan fingerprint density at radius 2 is 2.27 bits per heavy atom. The summed E-state index contributed by atoms with van der Waals surface area (Å²) in [5.41, 5.74) is 6.99. The van der Waals surface area contributed by atoms with Crippen molar-refractivity contribution in [2.24, 2.45) is 5.73 Å². The van der Waals surface area contributed by atoms with Crippen molar-refractivity contribution < 1.29 is 4.39 Å². The monoisotopic (exact) mass is 317 g/mol. The summed E-state index contributed by atoms with van der Waals surface area (Å²) in [5, 5.41) is 0. The zero-order valence-corrected chi connectivity index (χ0v) is 10.7. The minimum absolute atomic E-state index is 0.0571. The zero-order valence-electron chi connectivity index (χ0n) is 8.56. The van der Waals surface area contributed by atoms with Gasteiger partial charge in [-0.25, -0.2) is 4.39 Å². The van der Waals surface area contributed by atoms with Gasteiger partial charge < -0.3 is 5.73 Å². The van der Waals surface area contributed by atoms with Gasteiger partial charge in [-0.05, 0) is 53.6 Å². The van der Waals surface area contributed by atoms with Crippen LogP contribution in [0.5, 0.6) is 0 Å². The van der Waals surface area contributed by atoms with Crippen molar-refractivity contribution in [1.82, 2.24) is 0 Å². The van der Waals surface area contributed by atoms with E-state index in [1.807, 2.05) is 6.92 Å². The van der Waals surface area contributed by atoms with Gasteiger partial charge in [0, 0.05) is 16.0 Å². The van der Waals surface area contributed by atoms with E-state index in [0.717, 1.165) is 22.0 Å². The molecule has 0 aliphatic carbocycles. The largest absolute Gasteiger partial charge is 0.324 e. The van der Waals surface area contributed by atoms with Gasteiger partial charge in [0.15, 0.2) is 0 Å². The van der Waals surface area contributed by atoms with E-state index in [4.69, 9.17) is 5.73 Å². The van der Waals surface area contributed by atoms with E-state index in [0.29, 0.717) is 0 Å². The predicted octanol–water partition coefficient (Wildman–Crippen LogP) is 3.23. The van der Waals surface area contributed by atoms with Crippen LogP contribution >= 0.6 is 22.6 Å². The van der Waals surface area contributed by atoms with Crippen LogP contribution in [-0.2, 0) is 0 Å². The molecule has 0 saturated heterocycles. The molecule has 0 saturated carbocycles. The molecule has 1 nitrogen and oxygen atoms in total. The molecule has 0 aromatic heterocycles. The number of halogens is 2. The lowest BCUT2D eigenvalue weighted by Crippen LogP contribution is -2.11. The van der Waals surface area contributed by atoms with Gasteiger partial charge in [0.05, 0.1) is 0 Å². The lowest BCUT2D eigenvalue weighted by atomic mass is 10.0. The zero-order chi connectivity index (χ0) is 11.3. The molecule has 0 amide bonds. The van der Waals surface area contributed by atoms with Gasteiger partial charge in [0.2, 0.25) is 0 Å². The van der Waals surface area contributed by atoms with E-state index in [1.54, 1.807) is 6.07 Å². The maximum atomic E-state index is 12.8. The summed E-state index contributed by atoms with van der Waals surface area (Å²) < 4.78 is 13.7. The molecule has 1 aromatic carbocycles. The first-order chi connectivity index (χ1) is 7.15. The van der Waals surface area contributed by atoms with Gasteiger partial charge in [-0.15, -0.1) is 11.8 Å². The maximum absolute atomic E-state index is 12.8. The van der Waals surface area contributed by atoms with Crippen molar-refractivity contribution in [2.75, 3.05) is 0 Å². The second kappa shape index (κ2) is 6.09. The summed E-state index contributed by atoms with van der Waals surface area (Å²) in [4.78, 5) is 0. The van der Waals surface area contributed by atoms with Crippen LogP contribution in [0.1, 0.15) is 31.4 Å².